The molecule has 0 aliphatic heterocycles. The normalized spacial score (nSPS) is 12.7. The number of nitrogens with zero attached hydrogens (tertiary/aromatic N) is 3. The third kappa shape index (κ3) is 3.63. The highest BCUT2D eigenvalue weighted by Gasteiger charge is 2.20. The Morgan fingerprint density at radius 1 is 1.50 bits per heavy atom. The maximum atomic E-state index is 8.44. The first-order valence-corrected chi connectivity index (χ1v) is 5.55. The van der Waals surface area contributed by atoms with Crippen LogP contribution in [0.4, 0.5) is 0 Å². The molecule has 5 nitrogen and oxygen atoms in total. The third-order valence-electron chi connectivity index (χ3n) is 2.31. The average Bonchev–Trinajstić information content (AvgIpc) is 2.64. The summed E-state index contributed by atoms with van der Waals surface area (Å²) in [6, 6.07) is 2.19. The monoisotopic (exact) mass is 222 g/mol. The first-order chi connectivity index (χ1) is 7.65. The molecule has 0 fully saturated rings. The smallest absolute Gasteiger partial charge is 0.244 e. The van der Waals surface area contributed by atoms with Crippen molar-refractivity contribution in [2.45, 2.75) is 39.7 Å². The van der Waals surface area contributed by atoms with Crippen molar-refractivity contribution in [1.82, 2.24) is 15.5 Å². The van der Waals surface area contributed by atoms with Crippen molar-refractivity contribution >= 4 is 0 Å². The van der Waals surface area contributed by atoms with Crippen molar-refractivity contribution in [3.8, 4) is 6.07 Å². The Morgan fingerprint density at radius 2 is 2.25 bits per heavy atom. The first-order valence-electron chi connectivity index (χ1n) is 5.55. The molecule has 0 aliphatic rings. The topological polar surface area (TPSA) is 74.7 Å². The van der Waals surface area contributed by atoms with Crippen LogP contribution in [0.1, 0.15) is 44.4 Å². The highest BCUT2D eigenvalue weighted by atomic mass is 16.5. The predicted molar refractivity (Wildman–Crippen MR) is 59.5 cm³/mol. The minimum atomic E-state index is 0.0693. The molecule has 1 N–H and O–H groups in total. The van der Waals surface area contributed by atoms with Gasteiger partial charge in [-0.1, -0.05) is 19.0 Å². The van der Waals surface area contributed by atoms with E-state index in [0.29, 0.717) is 24.1 Å². The molecular weight excluding hydrogens is 204 g/mol. The lowest BCUT2D eigenvalue weighted by Crippen LogP contribution is -2.27. The second kappa shape index (κ2) is 6.23. The van der Waals surface area contributed by atoms with Crippen molar-refractivity contribution < 1.29 is 4.52 Å². The maximum absolute atomic E-state index is 8.44. The standard InChI is InChI=1S/C11H18N4O/c1-8(2)10(13-7-5-4-6-12)11-14-9(3)15-16-11/h8,10,13H,4-5,7H2,1-3H3/t10-/m0/s1. The van der Waals surface area contributed by atoms with E-state index in [1.54, 1.807) is 6.92 Å². The number of aromatic nitrogens is 2. The summed E-state index contributed by atoms with van der Waals surface area (Å²) in [5, 5.41) is 15.6. The maximum Gasteiger partial charge on any atom is 0.244 e. The van der Waals surface area contributed by atoms with Crippen LogP contribution < -0.4 is 5.32 Å². The van der Waals surface area contributed by atoms with Crippen LogP contribution in [-0.2, 0) is 0 Å². The zero-order chi connectivity index (χ0) is 12.0. The SMILES string of the molecule is Cc1noc([C@@H](NCCCC#N)C(C)C)n1. The molecule has 1 heterocycles. The summed E-state index contributed by atoms with van der Waals surface area (Å²) in [4.78, 5) is 4.23. The summed E-state index contributed by atoms with van der Waals surface area (Å²) in [5.74, 6) is 1.66. The fraction of sp³-hybridized carbons (Fsp3) is 0.727. The van der Waals surface area contributed by atoms with E-state index in [4.69, 9.17) is 9.78 Å². The van der Waals surface area contributed by atoms with Gasteiger partial charge in [-0.2, -0.15) is 10.2 Å². The van der Waals surface area contributed by atoms with Gasteiger partial charge in [-0.05, 0) is 25.8 Å². The van der Waals surface area contributed by atoms with Gasteiger partial charge in [0.1, 0.15) is 0 Å². The molecule has 16 heavy (non-hydrogen) atoms. The molecule has 1 aromatic rings. The number of hydrogen-bond donors (Lipinski definition) is 1. The van der Waals surface area contributed by atoms with Gasteiger partial charge in [0.2, 0.25) is 5.89 Å². The lowest BCUT2D eigenvalue weighted by Gasteiger charge is -2.17. The Hall–Kier alpha value is -1.41. The summed E-state index contributed by atoms with van der Waals surface area (Å²) in [7, 11) is 0. The number of aryl methyl sites for hydroxylation is 1. The Balaban J connectivity index is 2.52. The van der Waals surface area contributed by atoms with E-state index in [2.05, 4.69) is 35.4 Å². The van der Waals surface area contributed by atoms with Crippen molar-refractivity contribution in [1.29, 1.82) is 5.26 Å². The molecule has 1 atom stereocenters. The van der Waals surface area contributed by atoms with Crippen molar-refractivity contribution in [2.75, 3.05) is 6.54 Å². The number of unbranched alkanes of at least 4 members (excludes halogenated alkanes) is 1. The number of hydrogen-bond acceptors (Lipinski definition) is 5. The molecule has 0 amide bonds. The molecule has 0 radical (unpaired) electrons. The van der Waals surface area contributed by atoms with E-state index in [9.17, 15) is 0 Å². The van der Waals surface area contributed by atoms with Gasteiger partial charge in [-0.3, -0.25) is 0 Å². The largest absolute Gasteiger partial charge is 0.338 e. The Bertz CT molecular complexity index is 353. The Morgan fingerprint density at radius 3 is 2.75 bits per heavy atom. The molecule has 0 aliphatic carbocycles. The van der Waals surface area contributed by atoms with Crippen molar-refractivity contribution in [2.24, 2.45) is 5.92 Å². The molecule has 0 unspecified atom stereocenters. The van der Waals surface area contributed by atoms with Gasteiger partial charge in [-0.25, -0.2) is 0 Å². The molecular formula is C11H18N4O. The lowest BCUT2D eigenvalue weighted by molar-refractivity contribution is 0.288. The van der Waals surface area contributed by atoms with E-state index in [1.165, 1.54) is 0 Å². The van der Waals surface area contributed by atoms with Gasteiger partial charge in [0.05, 0.1) is 12.1 Å². The predicted octanol–water partition coefficient (Wildman–Crippen LogP) is 1.97. The molecule has 0 bridgehead atoms. The van der Waals surface area contributed by atoms with Crippen LogP contribution in [0, 0.1) is 24.2 Å². The molecule has 0 saturated heterocycles. The second-order valence-electron chi connectivity index (χ2n) is 4.12. The molecule has 1 aromatic heterocycles. The van der Waals surface area contributed by atoms with Crippen molar-refractivity contribution in [3.63, 3.8) is 0 Å². The fourth-order valence-electron chi connectivity index (χ4n) is 1.47. The van der Waals surface area contributed by atoms with Crippen LogP contribution in [0.3, 0.4) is 0 Å². The van der Waals surface area contributed by atoms with E-state index < -0.39 is 0 Å². The number of rotatable bonds is 6. The zero-order valence-electron chi connectivity index (χ0n) is 10.0. The molecule has 0 aromatic carbocycles. The van der Waals surface area contributed by atoms with Gasteiger partial charge < -0.3 is 9.84 Å². The first kappa shape index (κ1) is 12.7. The quantitative estimate of drug-likeness (QED) is 0.745. The Kier molecular flexibility index (Phi) is 4.93. The molecule has 0 spiro atoms. The van der Waals surface area contributed by atoms with Crippen LogP contribution in [0.2, 0.25) is 0 Å². The molecule has 0 saturated carbocycles. The second-order valence-corrected chi connectivity index (χ2v) is 4.12. The molecule has 1 rings (SSSR count). The van der Waals surface area contributed by atoms with E-state index in [0.717, 1.165) is 13.0 Å². The summed E-state index contributed by atoms with van der Waals surface area (Å²) in [6.07, 6.45) is 1.41. The number of nitrogens with one attached hydrogen (secondary N) is 1. The van der Waals surface area contributed by atoms with Crippen LogP contribution in [-0.4, -0.2) is 16.7 Å². The van der Waals surface area contributed by atoms with E-state index in [-0.39, 0.29) is 6.04 Å². The van der Waals surface area contributed by atoms with Crippen LogP contribution in [0.15, 0.2) is 4.52 Å². The zero-order valence-corrected chi connectivity index (χ0v) is 10.0. The summed E-state index contributed by atoms with van der Waals surface area (Å²) in [6.45, 7) is 6.79. The van der Waals surface area contributed by atoms with Crippen LogP contribution in [0.25, 0.3) is 0 Å². The van der Waals surface area contributed by atoms with Crippen LogP contribution in [0.5, 0.6) is 0 Å². The van der Waals surface area contributed by atoms with E-state index in [1.807, 2.05) is 0 Å². The van der Waals surface area contributed by atoms with Gasteiger partial charge in [0, 0.05) is 6.42 Å². The van der Waals surface area contributed by atoms with Crippen molar-refractivity contribution in [3.05, 3.63) is 11.7 Å². The van der Waals surface area contributed by atoms with Gasteiger partial charge in [0.15, 0.2) is 5.82 Å². The minimum absolute atomic E-state index is 0.0693. The summed E-state index contributed by atoms with van der Waals surface area (Å²) >= 11 is 0. The number of nitriles is 1. The average molecular weight is 222 g/mol. The highest BCUT2D eigenvalue weighted by Crippen LogP contribution is 2.19. The van der Waals surface area contributed by atoms with Gasteiger partial charge in [-0.15, -0.1) is 0 Å². The van der Waals surface area contributed by atoms with Gasteiger partial charge >= 0.3 is 0 Å². The van der Waals surface area contributed by atoms with Crippen LogP contribution >= 0.6 is 0 Å². The summed E-state index contributed by atoms with van der Waals surface area (Å²) in [5.41, 5.74) is 0. The minimum Gasteiger partial charge on any atom is -0.338 e. The highest BCUT2D eigenvalue weighted by molar-refractivity contribution is 4.93. The van der Waals surface area contributed by atoms with E-state index >= 15 is 0 Å². The molecule has 5 heteroatoms. The molecule has 88 valence electrons. The summed E-state index contributed by atoms with van der Waals surface area (Å²) < 4.78 is 5.16. The fourth-order valence-corrected chi connectivity index (χ4v) is 1.47. The lowest BCUT2D eigenvalue weighted by atomic mass is 10.0. The Labute approximate surface area is 95.8 Å². The van der Waals surface area contributed by atoms with Gasteiger partial charge in [0.25, 0.3) is 0 Å². The third-order valence-corrected chi connectivity index (χ3v) is 2.31.